The molecule has 1 aliphatic rings. The molecule has 5 heteroatoms. The molecule has 0 radical (unpaired) electrons. The van der Waals surface area contributed by atoms with Crippen LogP contribution in [-0.4, -0.2) is 35.0 Å². The van der Waals surface area contributed by atoms with Crippen molar-refractivity contribution in [2.75, 3.05) is 13.1 Å². The molecule has 0 atom stereocenters. The molecule has 0 spiro atoms. The molecule has 2 amide bonds. The Kier molecular flexibility index (Phi) is 5.12. The zero-order valence-corrected chi connectivity index (χ0v) is 11.4. The number of hydrogen-bond donors (Lipinski definition) is 2. The van der Waals surface area contributed by atoms with E-state index in [-0.39, 0.29) is 12.3 Å². The lowest BCUT2D eigenvalue weighted by Crippen LogP contribution is -2.40. The monoisotopic (exact) mass is 276 g/mol. The molecule has 0 bridgehead atoms. The SMILES string of the molecule is O=C(CC(=O)N1CCC(Cc2ccccc2)CC1)NO. The number of nitrogens with zero attached hydrogens (tertiary/aromatic N) is 1. The number of rotatable bonds is 4. The molecule has 1 aromatic rings. The number of amides is 2. The minimum absolute atomic E-state index is 0.213. The van der Waals surface area contributed by atoms with Gasteiger partial charge < -0.3 is 4.90 Å². The van der Waals surface area contributed by atoms with E-state index in [2.05, 4.69) is 12.1 Å². The fraction of sp³-hybridized carbons (Fsp3) is 0.467. The predicted molar refractivity (Wildman–Crippen MR) is 74.0 cm³/mol. The van der Waals surface area contributed by atoms with E-state index in [1.165, 1.54) is 11.0 Å². The zero-order valence-electron chi connectivity index (χ0n) is 11.4. The van der Waals surface area contributed by atoms with Crippen molar-refractivity contribution in [1.29, 1.82) is 0 Å². The Morgan fingerprint density at radius 2 is 1.85 bits per heavy atom. The van der Waals surface area contributed by atoms with Crippen LogP contribution in [0, 0.1) is 5.92 Å². The minimum atomic E-state index is -0.651. The van der Waals surface area contributed by atoms with Crippen molar-refractivity contribution in [1.82, 2.24) is 10.4 Å². The van der Waals surface area contributed by atoms with Gasteiger partial charge in [-0.3, -0.25) is 14.8 Å². The molecule has 1 aliphatic heterocycles. The van der Waals surface area contributed by atoms with Crippen molar-refractivity contribution < 1.29 is 14.8 Å². The number of piperidine rings is 1. The van der Waals surface area contributed by atoms with E-state index in [0.29, 0.717) is 19.0 Å². The highest BCUT2D eigenvalue weighted by molar-refractivity contribution is 5.96. The first kappa shape index (κ1) is 14.5. The lowest BCUT2D eigenvalue weighted by molar-refractivity contribution is -0.140. The van der Waals surface area contributed by atoms with Crippen molar-refractivity contribution >= 4 is 11.8 Å². The Labute approximate surface area is 118 Å². The molecule has 1 saturated heterocycles. The van der Waals surface area contributed by atoms with Crippen LogP contribution in [-0.2, 0) is 16.0 Å². The molecule has 20 heavy (non-hydrogen) atoms. The van der Waals surface area contributed by atoms with Crippen LogP contribution >= 0.6 is 0 Å². The summed E-state index contributed by atoms with van der Waals surface area (Å²) in [7, 11) is 0. The van der Waals surface area contributed by atoms with Crippen molar-refractivity contribution in [2.45, 2.75) is 25.7 Å². The molecule has 0 aromatic heterocycles. The fourth-order valence-corrected chi connectivity index (χ4v) is 2.62. The number of carbonyl (C=O) groups is 2. The van der Waals surface area contributed by atoms with Gasteiger partial charge in [0.15, 0.2) is 0 Å². The van der Waals surface area contributed by atoms with Gasteiger partial charge >= 0.3 is 0 Å². The number of hydroxylamine groups is 1. The van der Waals surface area contributed by atoms with Gasteiger partial charge in [0.25, 0.3) is 5.91 Å². The van der Waals surface area contributed by atoms with Crippen LogP contribution in [0.15, 0.2) is 30.3 Å². The highest BCUT2D eigenvalue weighted by Crippen LogP contribution is 2.21. The van der Waals surface area contributed by atoms with Crippen molar-refractivity contribution in [3.63, 3.8) is 0 Å². The normalized spacial score (nSPS) is 15.9. The van der Waals surface area contributed by atoms with Crippen LogP contribution in [0.1, 0.15) is 24.8 Å². The third-order valence-electron chi connectivity index (χ3n) is 3.77. The lowest BCUT2D eigenvalue weighted by atomic mass is 9.90. The quantitative estimate of drug-likeness (QED) is 0.495. The Morgan fingerprint density at radius 1 is 1.20 bits per heavy atom. The maximum atomic E-state index is 11.8. The first-order valence-electron chi connectivity index (χ1n) is 6.93. The van der Waals surface area contributed by atoms with E-state index in [9.17, 15) is 9.59 Å². The Morgan fingerprint density at radius 3 is 2.45 bits per heavy atom. The summed E-state index contributed by atoms with van der Waals surface area (Å²) in [6, 6.07) is 10.4. The number of carbonyl (C=O) groups excluding carboxylic acids is 2. The van der Waals surface area contributed by atoms with Crippen LogP contribution in [0.2, 0.25) is 0 Å². The van der Waals surface area contributed by atoms with Crippen LogP contribution in [0.5, 0.6) is 0 Å². The van der Waals surface area contributed by atoms with E-state index >= 15 is 0 Å². The average molecular weight is 276 g/mol. The summed E-state index contributed by atoms with van der Waals surface area (Å²) >= 11 is 0. The van der Waals surface area contributed by atoms with Gasteiger partial charge in [-0.15, -0.1) is 0 Å². The van der Waals surface area contributed by atoms with Crippen molar-refractivity contribution in [2.24, 2.45) is 5.92 Å². The second-order valence-electron chi connectivity index (χ2n) is 5.23. The van der Waals surface area contributed by atoms with Crippen LogP contribution < -0.4 is 5.48 Å². The van der Waals surface area contributed by atoms with Crippen LogP contribution in [0.25, 0.3) is 0 Å². The van der Waals surface area contributed by atoms with Gasteiger partial charge in [-0.05, 0) is 30.7 Å². The molecular formula is C15H20N2O3. The maximum Gasteiger partial charge on any atom is 0.252 e. The molecular weight excluding hydrogens is 256 g/mol. The van der Waals surface area contributed by atoms with E-state index in [4.69, 9.17) is 5.21 Å². The molecule has 0 aliphatic carbocycles. The second-order valence-corrected chi connectivity index (χ2v) is 5.23. The first-order chi connectivity index (χ1) is 9.69. The molecule has 2 N–H and O–H groups in total. The Balaban J connectivity index is 1.77. The lowest BCUT2D eigenvalue weighted by Gasteiger charge is -2.32. The minimum Gasteiger partial charge on any atom is -0.342 e. The van der Waals surface area contributed by atoms with Crippen molar-refractivity contribution in [3.05, 3.63) is 35.9 Å². The van der Waals surface area contributed by atoms with Crippen molar-refractivity contribution in [3.8, 4) is 0 Å². The molecule has 0 unspecified atom stereocenters. The van der Waals surface area contributed by atoms with Crippen LogP contribution in [0.3, 0.4) is 0 Å². The molecule has 5 nitrogen and oxygen atoms in total. The summed E-state index contributed by atoms with van der Waals surface area (Å²) in [6.07, 6.45) is 2.68. The molecule has 1 heterocycles. The van der Waals surface area contributed by atoms with E-state index < -0.39 is 5.91 Å². The average Bonchev–Trinajstić information content (AvgIpc) is 2.49. The fourth-order valence-electron chi connectivity index (χ4n) is 2.62. The van der Waals surface area contributed by atoms with E-state index in [1.54, 1.807) is 4.90 Å². The standard InChI is InChI=1S/C15H20N2O3/c18-14(16-20)11-15(19)17-8-6-13(7-9-17)10-12-4-2-1-3-5-12/h1-5,13,20H,6-11H2,(H,16,18). The molecule has 1 fully saturated rings. The maximum absolute atomic E-state index is 11.8. The van der Waals surface area contributed by atoms with Gasteiger partial charge in [0.1, 0.15) is 6.42 Å². The smallest absolute Gasteiger partial charge is 0.252 e. The third kappa shape index (κ3) is 4.06. The first-order valence-corrected chi connectivity index (χ1v) is 6.93. The Bertz CT molecular complexity index is 453. The summed E-state index contributed by atoms with van der Waals surface area (Å²) in [5.74, 6) is -0.274. The van der Waals surface area contributed by atoms with Gasteiger partial charge in [0, 0.05) is 13.1 Å². The van der Waals surface area contributed by atoms with Gasteiger partial charge in [0.2, 0.25) is 5.91 Å². The van der Waals surface area contributed by atoms with Gasteiger partial charge in [-0.25, -0.2) is 5.48 Å². The van der Waals surface area contributed by atoms with Gasteiger partial charge in [-0.2, -0.15) is 0 Å². The van der Waals surface area contributed by atoms with Crippen LogP contribution in [0.4, 0.5) is 0 Å². The predicted octanol–water partition coefficient (Wildman–Crippen LogP) is 1.36. The summed E-state index contributed by atoms with van der Waals surface area (Å²) < 4.78 is 0. The summed E-state index contributed by atoms with van der Waals surface area (Å²) in [4.78, 5) is 24.5. The molecule has 108 valence electrons. The number of hydrogen-bond acceptors (Lipinski definition) is 3. The summed E-state index contributed by atoms with van der Waals surface area (Å²) in [5, 5.41) is 8.42. The molecule has 1 aromatic carbocycles. The highest BCUT2D eigenvalue weighted by atomic mass is 16.5. The Hall–Kier alpha value is -1.88. The molecule has 2 rings (SSSR count). The number of nitrogens with one attached hydrogen (secondary N) is 1. The summed E-state index contributed by atoms with van der Waals surface area (Å²) in [5.41, 5.74) is 2.82. The summed E-state index contributed by atoms with van der Waals surface area (Å²) in [6.45, 7) is 1.38. The largest absolute Gasteiger partial charge is 0.342 e. The van der Waals surface area contributed by atoms with Gasteiger partial charge in [-0.1, -0.05) is 30.3 Å². The topological polar surface area (TPSA) is 69.6 Å². The molecule has 0 saturated carbocycles. The van der Waals surface area contributed by atoms with E-state index in [1.807, 2.05) is 18.2 Å². The van der Waals surface area contributed by atoms with Gasteiger partial charge in [0.05, 0.1) is 0 Å². The number of likely N-dealkylation sites (tertiary alicyclic amines) is 1. The second kappa shape index (κ2) is 7.05. The zero-order chi connectivity index (χ0) is 14.4. The highest BCUT2D eigenvalue weighted by Gasteiger charge is 2.24. The van der Waals surface area contributed by atoms with E-state index in [0.717, 1.165) is 19.3 Å². The number of benzene rings is 1. The third-order valence-corrected chi connectivity index (χ3v) is 3.77.